The van der Waals surface area contributed by atoms with Crippen molar-refractivity contribution in [2.24, 2.45) is 0 Å². The first kappa shape index (κ1) is 14.0. The van der Waals surface area contributed by atoms with Crippen molar-refractivity contribution < 1.29 is 4.52 Å². The molecule has 0 spiro atoms. The third-order valence-corrected chi connectivity index (χ3v) is 8.07. The lowest BCUT2D eigenvalue weighted by atomic mass is 10.2. The SMILES string of the molecule is CCCCCCOP(=S)(N1CC1C)N1CC1C. The summed E-state index contributed by atoms with van der Waals surface area (Å²) in [6.45, 7) is 8.05. The van der Waals surface area contributed by atoms with Gasteiger partial charge in [0.1, 0.15) is 0 Å². The van der Waals surface area contributed by atoms with E-state index in [-0.39, 0.29) is 0 Å². The van der Waals surface area contributed by atoms with Crippen LogP contribution in [-0.2, 0) is 16.3 Å². The van der Waals surface area contributed by atoms with Gasteiger partial charge in [-0.25, -0.2) is 9.34 Å². The van der Waals surface area contributed by atoms with Gasteiger partial charge < -0.3 is 4.52 Å². The van der Waals surface area contributed by atoms with Gasteiger partial charge >= 0.3 is 0 Å². The van der Waals surface area contributed by atoms with Gasteiger partial charge in [0.2, 0.25) is 6.57 Å². The fourth-order valence-corrected chi connectivity index (χ4v) is 6.59. The van der Waals surface area contributed by atoms with Crippen molar-refractivity contribution >= 4 is 18.4 Å². The molecule has 17 heavy (non-hydrogen) atoms. The van der Waals surface area contributed by atoms with Crippen LogP contribution in [0.25, 0.3) is 0 Å². The predicted molar refractivity (Wildman–Crippen MR) is 76.7 cm³/mol. The van der Waals surface area contributed by atoms with Gasteiger partial charge in [-0.3, -0.25) is 0 Å². The lowest BCUT2D eigenvalue weighted by Crippen LogP contribution is -2.11. The zero-order valence-electron chi connectivity index (χ0n) is 11.3. The van der Waals surface area contributed by atoms with E-state index < -0.39 is 6.57 Å². The molecule has 4 atom stereocenters. The van der Waals surface area contributed by atoms with Crippen molar-refractivity contribution in [3.05, 3.63) is 0 Å². The topological polar surface area (TPSA) is 15.2 Å². The minimum atomic E-state index is -1.80. The summed E-state index contributed by atoms with van der Waals surface area (Å²) >= 11 is 5.85. The van der Waals surface area contributed by atoms with Crippen molar-refractivity contribution in [3.63, 3.8) is 0 Å². The molecule has 0 amide bonds. The van der Waals surface area contributed by atoms with Crippen LogP contribution in [0.5, 0.6) is 0 Å². The predicted octanol–water partition coefficient (Wildman–Crippen LogP) is 3.22. The van der Waals surface area contributed by atoms with Gasteiger partial charge in [0.25, 0.3) is 0 Å². The van der Waals surface area contributed by atoms with Crippen LogP contribution >= 0.6 is 6.57 Å². The van der Waals surface area contributed by atoms with Gasteiger partial charge in [0.15, 0.2) is 0 Å². The normalized spacial score (nSPS) is 38.8. The Hall–Kier alpha value is 0.530. The molecule has 2 rings (SSSR count). The first-order chi connectivity index (χ1) is 8.09. The molecule has 0 aliphatic carbocycles. The Balaban J connectivity index is 1.79. The second-order valence-corrected chi connectivity index (χ2v) is 9.02. The molecule has 2 aliphatic heterocycles. The molecule has 0 saturated carbocycles. The van der Waals surface area contributed by atoms with Crippen LogP contribution < -0.4 is 0 Å². The second-order valence-electron chi connectivity index (χ2n) is 5.33. The summed E-state index contributed by atoms with van der Waals surface area (Å²) < 4.78 is 10.9. The fourth-order valence-electron chi connectivity index (χ4n) is 2.16. The standard InChI is InChI=1S/C12H25N2OPS/c1-4-5-6-7-8-15-16(17,13-9-11(13)2)14-10-12(14)3/h11-12H,4-10H2,1-3H3. The van der Waals surface area contributed by atoms with Crippen LogP contribution in [0.3, 0.4) is 0 Å². The Morgan fingerprint density at radius 1 is 1.12 bits per heavy atom. The third kappa shape index (κ3) is 3.30. The van der Waals surface area contributed by atoms with E-state index in [1.165, 1.54) is 19.3 Å². The number of nitrogens with zero attached hydrogens (tertiary/aromatic N) is 2. The quantitative estimate of drug-likeness (QED) is 0.384. The molecule has 0 aromatic heterocycles. The maximum absolute atomic E-state index is 6.14. The number of hydrogen-bond donors (Lipinski definition) is 0. The molecule has 2 aliphatic rings. The molecule has 100 valence electrons. The summed E-state index contributed by atoms with van der Waals surface area (Å²) in [5.41, 5.74) is 0. The molecule has 2 heterocycles. The average Bonchev–Trinajstić information content (AvgIpc) is 3.17. The van der Waals surface area contributed by atoms with Crippen molar-refractivity contribution in [2.75, 3.05) is 19.7 Å². The molecule has 0 bridgehead atoms. The average molecular weight is 276 g/mol. The van der Waals surface area contributed by atoms with E-state index >= 15 is 0 Å². The number of hydrogen-bond acceptors (Lipinski definition) is 2. The highest BCUT2D eigenvalue weighted by molar-refractivity contribution is 8.10. The van der Waals surface area contributed by atoms with E-state index in [4.69, 9.17) is 16.3 Å². The summed E-state index contributed by atoms with van der Waals surface area (Å²) in [4.78, 5) is 0. The lowest BCUT2D eigenvalue weighted by Gasteiger charge is -2.25. The van der Waals surface area contributed by atoms with Crippen molar-refractivity contribution in [3.8, 4) is 0 Å². The van der Waals surface area contributed by atoms with Crippen LogP contribution in [0.15, 0.2) is 0 Å². The summed E-state index contributed by atoms with van der Waals surface area (Å²) in [5, 5.41) is 0. The number of rotatable bonds is 8. The summed E-state index contributed by atoms with van der Waals surface area (Å²) in [5.74, 6) is 0. The largest absolute Gasteiger partial charge is 0.327 e. The van der Waals surface area contributed by atoms with Gasteiger partial charge in [0, 0.05) is 25.2 Å². The zero-order valence-corrected chi connectivity index (χ0v) is 13.0. The van der Waals surface area contributed by atoms with Gasteiger partial charge in [-0.05, 0) is 32.1 Å². The zero-order chi connectivity index (χ0) is 12.5. The molecule has 5 heteroatoms. The van der Waals surface area contributed by atoms with E-state index in [9.17, 15) is 0 Å². The summed E-state index contributed by atoms with van der Waals surface area (Å²) in [7, 11) is 0. The van der Waals surface area contributed by atoms with Gasteiger partial charge in [-0.2, -0.15) is 0 Å². The van der Waals surface area contributed by atoms with Crippen LogP contribution in [-0.4, -0.2) is 41.1 Å². The smallest absolute Gasteiger partial charge is 0.204 e. The first-order valence-corrected chi connectivity index (χ1v) is 9.51. The van der Waals surface area contributed by atoms with E-state index in [0.717, 1.165) is 26.1 Å². The Morgan fingerprint density at radius 2 is 1.65 bits per heavy atom. The second kappa shape index (κ2) is 5.66. The first-order valence-electron chi connectivity index (χ1n) is 6.88. The van der Waals surface area contributed by atoms with E-state index in [1.807, 2.05) is 0 Å². The van der Waals surface area contributed by atoms with Gasteiger partial charge in [0.05, 0.1) is 6.61 Å². The Bertz CT molecular complexity index is 293. The molecule has 3 nitrogen and oxygen atoms in total. The van der Waals surface area contributed by atoms with Gasteiger partial charge in [-0.1, -0.05) is 26.2 Å². The van der Waals surface area contributed by atoms with Gasteiger partial charge in [-0.15, -0.1) is 0 Å². The number of unbranched alkanes of at least 4 members (excludes halogenated alkanes) is 3. The maximum atomic E-state index is 6.14. The lowest BCUT2D eigenvalue weighted by molar-refractivity contribution is 0.304. The van der Waals surface area contributed by atoms with Crippen LogP contribution in [0.1, 0.15) is 46.5 Å². The molecule has 2 saturated heterocycles. The molecule has 0 N–H and O–H groups in total. The van der Waals surface area contributed by atoms with E-state index in [0.29, 0.717) is 12.1 Å². The molecule has 0 radical (unpaired) electrons. The van der Waals surface area contributed by atoms with Crippen molar-refractivity contribution in [2.45, 2.75) is 58.5 Å². The molecule has 2 fully saturated rings. The highest BCUT2D eigenvalue weighted by atomic mass is 32.5. The Morgan fingerprint density at radius 3 is 2.06 bits per heavy atom. The Labute approximate surface area is 111 Å². The van der Waals surface area contributed by atoms with E-state index in [1.54, 1.807) is 0 Å². The minimum absolute atomic E-state index is 0.643. The summed E-state index contributed by atoms with van der Waals surface area (Å²) in [6.07, 6.45) is 5.03. The Kier molecular flexibility index (Phi) is 4.65. The van der Waals surface area contributed by atoms with Crippen molar-refractivity contribution in [1.29, 1.82) is 0 Å². The van der Waals surface area contributed by atoms with Crippen LogP contribution in [0.2, 0.25) is 0 Å². The molecule has 4 unspecified atom stereocenters. The minimum Gasteiger partial charge on any atom is -0.327 e. The van der Waals surface area contributed by atoms with Crippen LogP contribution in [0, 0.1) is 0 Å². The molecule has 0 aromatic carbocycles. The molecule has 0 aromatic rings. The maximum Gasteiger partial charge on any atom is 0.204 e. The summed E-state index contributed by atoms with van der Waals surface area (Å²) in [6, 6.07) is 1.29. The highest BCUT2D eigenvalue weighted by Crippen LogP contribution is 2.65. The monoisotopic (exact) mass is 276 g/mol. The fraction of sp³-hybridized carbons (Fsp3) is 1.00. The third-order valence-electron chi connectivity index (χ3n) is 3.56. The van der Waals surface area contributed by atoms with Crippen LogP contribution in [0.4, 0.5) is 0 Å². The van der Waals surface area contributed by atoms with E-state index in [2.05, 4.69) is 30.1 Å². The molecular weight excluding hydrogens is 251 g/mol. The molecular formula is C12H25N2OPS. The van der Waals surface area contributed by atoms with Crippen molar-refractivity contribution in [1.82, 2.24) is 9.34 Å². The highest BCUT2D eigenvalue weighted by Gasteiger charge is 2.52.